The minimum absolute atomic E-state index is 0.259. The van der Waals surface area contributed by atoms with Gasteiger partial charge in [-0.05, 0) is 6.08 Å². The summed E-state index contributed by atoms with van der Waals surface area (Å²) in [4.78, 5) is 2.12. The molecule has 1 fully saturated rings. The third-order valence-electron chi connectivity index (χ3n) is 2.31. The molecule has 1 saturated heterocycles. The van der Waals surface area contributed by atoms with E-state index in [-0.39, 0.29) is 5.88 Å². The van der Waals surface area contributed by atoms with Crippen molar-refractivity contribution in [2.75, 3.05) is 32.8 Å². The Kier molecular flexibility index (Phi) is 2.98. The number of aliphatic hydroxyl groups excluding tert-OH is 1. The SMILES string of the molecule is OC1=C(N2CCOCC2)C=C(Br)CN1. The van der Waals surface area contributed by atoms with Crippen LogP contribution < -0.4 is 5.32 Å². The first kappa shape index (κ1) is 9.86. The van der Waals surface area contributed by atoms with Crippen LogP contribution in [0.3, 0.4) is 0 Å². The van der Waals surface area contributed by atoms with Crippen molar-refractivity contribution in [2.24, 2.45) is 0 Å². The highest BCUT2D eigenvalue weighted by Crippen LogP contribution is 2.19. The topological polar surface area (TPSA) is 44.7 Å². The van der Waals surface area contributed by atoms with Crippen LogP contribution in [0.25, 0.3) is 0 Å². The molecule has 4 nitrogen and oxygen atoms in total. The van der Waals surface area contributed by atoms with Gasteiger partial charge >= 0.3 is 0 Å². The highest BCUT2D eigenvalue weighted by Gasteiger charge is 2.19. The number of nitrogens with zero attached hydrogens (tertiary/aromatic N) is 1. The van der Waals surface area contributed by atoms with Gasteiger partial charge in [-0.3, -0.25) is 0 Å². The lowest BCUT2D eigenvalue weighted by molar-refractivity contribution is 0.0526. The fourth-order valence-corrected chi connectivity index (χ4v) is 1.93. The van der Waals surface area contributed by atoms with Gasteiger partial charge in [-0.2, -0.15) is 0 Å². The second-order valence-corrected chi connectivity index (χ2v) is 4.30. The van der Waals surface area contributed by atoms with Crippen LogP contribution in [0, 0.1) is 0 Å². The molecule has 2 aliphatic rings. The van der Waals surface area contributed by atoms with E-state index in [9.17, 15) is 5.11 Å². The molecule has 0 aromatic heterocycles. The number of rotatable bonds is 1. The van der Waals surface area contributed by atoms with Gasteiger partial charge in [0.25, 0.3) is 0 Å². The van der Waals surface area contributed by atoms with Crippen LogP contribution in [0.15, 0.2) is 22.1 Å². The maximum Gasteiger partial charge on any atom is 0.208 e. The van der Waals surface area contributed by atoms with Crippen molar-refractivity contribution in [1.29, 1.82) is 0 Å². The lowest BCUT2D eigenvalue weighted by Crippen LogP contribution is -2.38. The predicted molar refractivity (Wildman–Crippen MR) is 57.1 cm³/mol. The summed E-state index contributed by atoms with van der Waals surface area (Å²) in [5.41, 5.74) is 0.853. The zero-order chi connectivity index (χ0) is 9.97. The van der Waals surface area contributed by atoms with Gasteiger partial charge in [0, 0.05) is 24.1 Å². The Morgan fingerprint density at radius 2 is 2.14 bits per heavy atom. The van der Waals surface area contributed by atoms with E-state index in [0.717, 1.165) is 36.5 Å². The van der Waals surface area contributed by atoms with Crippen molar-refractivity contribution in [3.8, 4) is 0 Å². The maximum absolute atomic E-state index is 9.66. The first-order chi connectivity index (χ1) is 6.77. The van der Waals surface area contributed by atoms with E-state index in [4.69, 9.17) is 4.74 Å². The third kappa shape index (κ3) is 2.04. The molecule has 0 aromatic rings. The minimum atomic E-state index is 0.259. The van der Waals surface area contributed by atoms with Gasteiger partial charge in [-0.1, -0.05) is 15.9 Å². The molecule has 0 atom stereocenters. The van der Waals surface area contributed by atoms with Gasteiger partial charge in [-0.25, -0.2) is 0 Å². The van der Waals surface area contributed by atoms with Crippen molar-refractivity contribution >= 4 is 15.9 Å². The standard InChI is InChI=1S/C9H13BrN2O2/c10-7-5-8(9(13)11-6-7)12-1-3-14-4-2-12/h5,11,13H,1-4,6H2. The number of morpholine rings is 1. The largest absolute Gasteiger partial charge is 0.493 e. The van der Waals surface area contributed by atoms with Crippen LogP contribution in [-0.2, 0) is 4.74 Å². The van der Waals surface area contributed by atoms with Crippen molar-refractivity contribution < 1.29 is 9.84 Å². The Balaban J connectivity index is 2.14. The average molecular weight is 261 g/mol. The minimum Gasteiger partial charge on any atom is -0.493 e. The number of halogens is 1. The molecule has 2 N–H and O–H groups in total. The molecular formula is C9H13BrN2O2. The second kappa shape index (κ2) is 4.23. The van der Waals surface area contributed by atoms with Crippen LogP contribution in [0.5, 0.6) is 0 Å². The predicted octanol–water partition coefficient (Wildman–Crippen LogP) is 0.928. The normalized spacial score (nSPS) is 23.2. The molecule has 78 valence electrons. The summed E-state index contributed by atoms with van der Waals surface area (Å²) in [5, 5.41) is 12.6. The molecule has 0 spiro atoms. The molecule has 0 amide bonds. The lowest BCUT2D eigenvalue weighted by Gasteiger charge is -2.31. The number of ether oxygens (including phenoxy) is 1. The Morgan fingerprint density at radius 3 is 2.86 bits per heavy atom. The molecule has 0 aromatic carbocycles. The molecular weight excluding hydrogens is 248 g/mol. The fraction of sp³-hybridized carbons (Fsp3) is 0.556. The first-order valence-corrected chi connectivity index (χ1v) is 5.42. The van der Waals surface area contributed by atoms with Gasteiger partial charge in [0.2, 0.25) is 5.88 Å². The molecule has 2 heterocycles. The van der Waals surface area contributed by atoms with Crippen molar-refractivity contribution in [3.63, 3.8) is 0 Å². The Labute approximate surface area is 91.4 Å². The van der Waals surface area contributed by atoms with Crippen LogP contribution in [0.1, 0.15) is 0 Å². The number of nitrogens with one attached hydrogen (secondary N) is 1. The van der Waals surface area contributed by atoms with Gasteiger partial charge in [0.15, 0.2) is 0 Å². The van der Waals surface area contributed by atoms with Crippen molar-refractivity contribution in [3.05, 3.63) is 22.1 Å². The van der Waals surface area contributed by atoms with E-state index in [1.54, 1.807) is 0 Å². The summed E-state index contributed by atoms with van der Waals surface area (Å²) in [6, 6.07) is 0. The number of allylic oxidation sites excluding steroid dienone is 1. The van der Waals surface area contributed by atoms with Crippen LogP contribution in [0.2, 0.25) is 0 Å². The summed E-state index contributed by atoms with van der Waals surface area (Å²) in [6.07, 6.45) is 1.96. The number of aliphatic hydroxyl groups is 1. The number of dihydropyridines is 1. The zero-order valence-electron chi connectivity index (χ0n) is 7.79. The van der Waals surface area contributed by atoms with Gasteiger partial charge < -0.3 is 20.1 Å². The molecule has 14 heavy (non-hydrogen) atoms. The van der Waals surface area contributed by atoms with Crippen LogP contribution in [0.4, 0.5) is 0 Å². The van der Waals surface area contributed by atoms with Gasteiger partial charge in [0.1, 0.15) is 0 Å². The lowest BCUT2D eigenvalue weighted by atomic mass is 10.2. The summed E-state index contributed by atoms with van der Waals surface area (Å²) < 4.78 is 6.31. The van der Waals surface area contributed by atoms with E-state index < -0.39 is 0 Å². The van der Waals surface area contributed by atoms with Gasteiger partial charge in [-0.15, -0.1) is 0 Å². The van der Waals surface area contributed by atoms with E-state index in [2.05, 4.69) is 26.1 Å². The maximum atomic E-state index is 9.66. The highest BCUT2D eigenvalue weighted by atomic mass is 79.9. The monoisotopic (exact) mass is 260 g/mol. The quantitative estimate of drug-likeness (QED) is 0.737. The Morgan fingerprint density at radius 1 is 1.43 bits per heavy atom. The first-order valence-electron chi connectivity index (χ1n) is 4.63. The molecule has 0 saturated carbocycles. The number of hydrogen-bond donors (Lipinski definition) is 2. The molecule has 0 aliphatic carbocycles. The highest BCUT2D eigenvalue weighted by molar-refractivity contribution is 9.11. The molecule has 5 heteroatoms. The van der Waals surface area contributed by atoms with Crippen molar-refractivity contribution in [2.45, 2.75) is 0 Å². The second-order valence-electron chi connectivity index (χ2n) is 3.28. The summed E-state index contributed by atoms with van der Waals surface area (Å²) >= 11 is 3.42. The van der Waals surface area contributed by atoms with Crippen LogP contribution in [-0.4, -0.2) is 42.9 Å². The Bertz CT molecular complexity index is 283. The third-order valence-corrected chi connectivity index (χ3v) is 2.82. The summed E-state index contributed by atoms with van der Waals surface area (Å²) in [6.45, 7) is 3.76. The Hall–Kier alpha value is -0.680. The number of hydrogen-bond acceptors (Lipinski definition) is 4. The smallest absolute Gasteiger partial charge is 0.208 e. The van der Waals surface area contributed by atoms with E-state index in [1.807, 2.05) is 6.08 Å². The van der Waals surface area contributed by atoms with E-state index in [0.29, 0.717) is 6.54 Å². The molecule has 2 aliphatic heterocycles. The van der Waals surface area contributed by atoms with E-state index in [1.165, 1.54) is 0 Å². The molecule has 0 bridgehead atoms. The van der Waals surface area contributed by atoms with Crippen molar-refractivity contribution in [1.82, 2.24) is 10.2 Å². The van der Waals surface area contributed by atoms with E-state index >= 15 is 0 Å². The van der Waals surface area contributed by atoms with Gasteiger partial charge in [0.05, 0.1) is 18.9 Å². The average Bonchev–Trinajstić information content (AvgIpc) is 2.23. The summed E-state index contributed by atoms with van der Waals surface area (Å²) in [7, 11) is 0. The van der Waals surface area contributed by atoms with Crippen LogP contribution >= 0.6 is 15.9 Å². The zero-order valence-corrected chi connectivity index (χ0v) is 9.38. The fourth-order valence-electron chi connectivity index (χ4n) is 1.57. The molecule has 0 unspecified atom stereocenters. The molecule has 0 radical (unpaired) electrons. The molecule has 2 rings (SSSR count). The summed E-state index contributed by atoms with van der Waals surface area (Å²) in [5.74, 6) is 0.259.